The molecular weight excluding hydrogens is 482 g/mol. The average Bonchev–Trinajstić information content (AvgIpc) is 3.13. The first-order chi connectivity index (χ1) is 15.8. The van der Waals surface area contributed by atoms with Gasteiger partial charge in [-0.2, -0.15) is 9.30 Å². The van der Waals surface area contributed by atoms with E-state index < -0.39 is 15.9 Å². The quantitative estimate of drug-likeness (QED) is 0.401. The summed E-state index contributed by atoms with van der Waals surface area (Å²) in [6, 6.07) is 11.5. The van der Waals surface area contributed by atoms with Crippen molar-refractivity contribution in [1.82, 2.24) is 8.87 Å². The number of fused-ring (bicyclic) bond motifs is 1. The van der Waals surface area contributed by atoms with Crippen molar-refractivity contribution in [2.75, 3.05) is 26.8 Å². The molecular formula is C23H28ClN3O4S2. The molecule has 0 radical (unpaired) electrons. The maximum atomic E-state index is 12.9. The molecule has 33 heavy (non-hydrogen) atoms. The molecule has 0 aliphatic carbocycles. The van der Waals surface area contributed by atoms with Gasteiger partial charge in [-0.15, -0.1) is 0 Å². The first kappa shape index (κ1) is 25.6. The molecule has 0 aliphatic heterocycles. The zero-order valence-corrected chi connectivity index (χ0v) is 21.3. The SMILES string of the molecule is CCCCN(CC)S(=O)(=O)c1ccc(C(=O)N=c2sc3cc(Cl)ccc3n2CCOC)cc1. The lowest BCUT2D eigenvalue weighted by Gasteiger charge is -2.20. The Balaban J connectivity index is 1.93. The van der Waals surface area contributed by atoms with E-state index in [9.17, 15) is 13.2 Å². The summed E-state index contributed by atoms with van der Waals surface area (Å²) in [6.07, 6.45) is 1.71. The fourth-order valence-electron chi connectivity index (χ4n) is 3.38. The highest BCUT2D eigenvalue weighted by molar-refractivity contribution is 7.89. The van der Waals surface area contributed by atoms with Gasteiger partial charge in [0.1, 0.15) is 0 Å². The van der Waals surface area contributed by atoms with E-state index in [-0.39, 0.29) is 4.90 Å². The van der Waals surface area contributed by atoms with E-state index in [0.717, 1.165) is 23.1 Å². The third-order valence-corrected chi connectivity index (χ3v) is 8.48. The van der Waals surface area contributed by atoms with Gasteiger partial charge >= 0.3 is 0 Å². The van der Waals surface area contributed by atoms with Crippen LogP contribution in [-0.2, 0) is 21.3 Å². The molecule has 3 aromatic rings. The summed E-state index contributed by atoms with van der Waals surface area (Å²) >= 11 is 7.49. The number of nitrogens with zero attached hydrogens (tertiary/aromatic N) is 3. The molecule has 0 fully saturated rings. The van der Waals surface area contributed by atoms with Gasteiger partial charge in [0.15, 0.2) is 4.80 Å². The number of sulfonamides is 1. The van der Waals surface area contributed by atoms with Gasteiger partial charge in [0.25, 0.3) is 5.91 Å². The van der Waals surface area contributed by atoms with Crippen molar-refractivity contribution in [1.29, 1.82) is 0 Å². The van der Waals surface area contributed by atoms with Crippen LogP contribution in [0.15, 0.2) is 52.4 Å². The predicted molar refractivity (Wildman–Crippen MR) is 132 cm³/mol. The van der Waals surface area contributed by atoms with Crippen LogP contribution in [0.3, 0.4) is 0 Å². The zero-order valence-electron chi connectivity index (χ0n) is 19.0. The maximum absolute atomic E-state index is 12.9. The number of ether oxygens (including phenoxy) is 1. The third-order valence-electron chi connectivity index (χ3n) is 5.21. The largest absolute Gasteiger partial charge is 0.383 e. The van der Waals surface area contributed by atoms with Crippen LogP contribution in [0, 0.1) is 0 Å². The fourth-order valence-corrected chi connectivity index (χ4v) is 6.20. The summed E-state index contributed by atoms with van der Waals surface area (Å²) in [5, 5.41) is 0.609. The number of rotatable bonds is 10. The van der Waals surface area contributed by atoms with E-state index in [2.05, 4.69) is 4.99 Å². The van der Waals surface area contributed by atoms with Gasteiger partial charge in [0, 0.05) is 37.3 Å². The number of aromatic nitrogens is 1. The van der Waals surface area contributed by atoms with Crippen LogP contribution in [-0.4, -0.2) is 50.0 Å². The number of hydrogen-bond acceptors (Lipinski definition) is 5. The second-order valence-electron chi connectivity index (χ2n) is 7.43. The monoisotopic (exact) mass is 509 g/mol. The zero-order chi connectivity index (χ0) is 24.0. The molecule has 10 heteroatoms. The normalized spacial score (nSPS) is 12.7. The second kappa shape index (κ2) is 11.4. The lowest BCUT2D eigenvalue weighted by atomic mass is 10.2. The van der Waals surface area contributed by atoms with E-state index >= 15 is 0 Å². The Hall–Kier alpha value is -2.04. The summed E-state index contributed by atoms with van der Waals surface area (Å²) in [5.41, 5.74) is 1.24. The summed E-state index contributed by atoms with van der Waals surface area (Å²) < 4.78 is 35.3. The van der Waals surface area contributed by atoms with Gasteiger partial charge < -0.3 is 9.30 Å². The summed E-state index contributed by atoms with van der Waals surface area (Å²) in [7, 11) is -1.98. The van der Waals surface area contributed by atoms with Crippen molar-refractivity contribution in [3.8, 4) is 0 Å². The molecule has 0 atom stereocenters. The van der Waals surface area contributed by atoms with Crippen molar-refractivity contribution in [3.05, 3.63) is 57.9 Å². The Bertz CT molecular complexity index is 1280. The third kappa shape index (κ3) is 5.91. The predicted octanol–water partition coefficient (Wildman–Crippen LogP) is 4.55. The molecule has 1 heterocycles. The van der Waals surface area contributed by atoms with E-state index in [1.54, 1.807) is 13.2 Å². The number of methoxy groups -OCH3 is 1. The van der Waals surface area contributed by atoms with Crippen LogP contribution >= 0.6 is 22.9 Å². The number of halogens is 1. The molecule has 0 spiro atoms. The van der Waals surface area contributed by atoms with Gasteiger partial charge in [0.05, 0.1) is 21.7 Å². The Kier molecular flexibility index (Phi) is 8.83. The lowest BCUT2D eigenvalue weighted by molar-refractivity contribution is 0.0997. The second-order valence-corrected chi connectivity index (χ2v) is 10.8. The van der Waals surface area contributed by atoms with Crippen molar-refractivity contribution in [3.63, 3.8) is 0 Å². The highest BCUT2D eigenvalue weighted by Crippen LogP contribution is 2.22. The van der Waals surface area contributed by atoms with Gasteiger partial charge in [-0.1, -0.05) is 43.2 Å². The Labute approximate surface area is 203 Å². The van der Waals surface area contributed by atoms with E-state index in [4.69, 9.17) is 16.3 Å². The molecule has 7 nitrogen and oxygen atoms in total. The minimum absolute atomic E-state index is 0.170. The number of carbonyl (C=O) groups is 1. The first-order valence-corrected chi connectivity index (χ1v) is 13.4. The number of unbranched alkanes of at least 4 members (excludes halogenated alkanes) is 1. The number of carbonyl (C=O) groups excluding carboxylic acids is 1. The maximum Gasteiger partial charge on any atom is 0.279 e. The fraction of sp³-hybridized carbons (Fsp3) is 0.391. The van der Waals surface area contributed by atoms with Crippen molar-refractivity contribution in [2.45, 2.75) is 38.1 Å². The molecule has 0 saturated heterocycles. The number of thiazole rings is 1. The molecule has 0 aliphatic rings. The topological polar surface area (TPSA) is 81.0 Å². The average molecular weight is 510 g/mol. The molecule has 0 N–H and O–H groups in total. The highest BCUT2D eigenvalue weighted by Gasteiger charge is 2.22. The van der Waals surface area contributed by atoms with Crippen LogP contribution in [0.2, 0.25) is 5.02 Å². The minimum Gasteiger partial charge on any atom is -0.383 e. The minimum atomic E-state index is -3.60. The molecule has 1 amide bonds. The molecule has 178 valence electrons. The molecule has 0 bridgehead atoms. The van der Waals surface area contributed by atoms with E-state index in [1.807, 2.05) is 30.5 Å². The van der Waals surface area contributed by atoms with Crippen LogP contribution in [0.25, 0.3) is 10.2 Å². The molecule has 0 unspecified atom stereocenters. The molecule has 2 aromatic carbocycles. The van der Waals surface area contributed by atoms with Crippen LogP contribution in [0.4, 0.5) is 0 Å². The molecule has 1 aromatic heterocycles. The van der Waals surface area contributed by atoms with Gasteiger partial charge in [-0.25, -0.2) is 8.42 Å². The highest BCUT2D eigenvalue weighted by atomic mass is 35.5. The summed E-state index contributed by atoms with van der Waals surface area (Å²) in [4.78, 5) is 17.9. The Morgan fingerprint density at radius 3 is 2.55 bits per heavy atom. The Morgan fingerprint density at radius 2 is 1.91 bits per heavy atom. The summed E-state index contributed by atoms with van der Waals surface area (Å²) in [5.74, 6) is -0.443. The van der Waals surface area contributed by atoms with Gasteiger partial charge in [-0.05, 0) is 48.9 Å². The van der Waals surface area contributed by atoms with E-state index in [0.29, 0.717) is 41.6 Å². The van der Waals surface area contributed by atoms with Crippen molar-refractivity contribution in [2.24, 2.45) is 4.99 Å². The molecule has 0 saturated carbocycles. The lowest BCUT2D eigenvalue weighted by Crippen LogP contribution is -2.31. The standard InChI is InChI=1S/C23H28ClN3O4S2/c1-4-6-13-26(5-2)33(29,30)19-10-7-17(8-11-19)22(28)25-23-27(14-15-31-3)20-12-9-18(24)16-21(20)32-23/h7-12,16H,4-6,13-15H2,1-3H3. The van der Waals surface area contributed by atoms with Gasteiger partial charge in [-0.3, -0.25) is 4.79 Å². The molecule has 3 rings (SSSR count). The van der Waals surface area contributed by atoms with Crippen molar-refractivity contribution >= 4 is 49.1 Å². The van der Waals surface area contributed by atoms with Crippen LogP contribution in [0.5, 0.6) is 0 Å². The summed E-state index contributed by atoms with van der Waals surface area (Å²) in [6.45, 7) is 5.72. The smallest absolute Gasteiger partial charge is 0.279 e. The number of hydrogen-bond donors (Lipinski definition) is 0. The van der Waals surface area contributed by atoms with E-state index in [1.165, 1.54) is 39.9 Å². The first-order valence-electron chi connectivity index (χ1n) is 10.8. The van der Waals surface area contributed by atoms with Crippen LogP contribution < -0.4 is 4.80 Å². The Morgan fingerprint density at radius 1 is 1.18 bits per heavy atom. The van der Waals surface area contributed by atoms with Crippen molar-refractivity contribution < 1.29 is 17.9 Å². The number of amides is 1. The number of benzene rings is 2. The van der Waals surface area contributed by atoms with Crippen LogP contribution in [0.1, 0.15) is 37.0 Å². The van der Waals surface area contributed by atoms with Gasteiger partial charge in [0.2, 0.25) is 10.0 Å².